The molecule has 0 saturated carbocycles. The van der Waals surface area contributed by atoms with Crippen LogP contribution in [0, 0.1) is 5.92 Å². The van der Waals surface area contributed by atoms with E-state index in [-0.39, 0.29) is 5.92 Å². The summed E-state index contributed by atoms with van der Waals surface area (Å²) >= 11 is 0. The van der Waals surface area contributed by atoms with E-state index >= 15 is 0 Å². The highest BCUT2D eigenvalue weighted by molar-refractivity contribution is 5.55. The smallest absolute Gasteiger partial charge is 0.203 e. The molecule has 1 radical (unpaired) electrons. The molecule has 0 spiro atoms. The predicted molar refractivity (Wildman–Crippen MR) is 48.4 cm³/mol. The van der Waals surface area contributed by atoms with Crippen molar-refractivity contribution in [3.05, 3.63) is 35.9 Å². The number of nitrogens with two attached hydrogens (primary N) is 1. The van der Waals surface area contributed by atoms with Crippen molar-refractivity contribution in [2.75, 3.05) is 6.54 Å². The second kappa shape index (κ2) is 4.67. The molecule has 2 N–H and O–H groups in total. The molecule has 12 heavy (non-hydrogen) atoms. The summed E-state index contributed by atoms with van der Waals surface area (Å²) < 4.78 is 0. The Morgan fingerprint density at radius 1 is 1.33 bits per heavy atom. The fraction of sp³-hybridized carbons (Fsp3) is 0.300. The Balaban J connectivity index is 2.56. The number of carbonyl (C=O) groups excluding carboxylic acids is 1. The number of benzene rings is 1. The lowest BCUT2D eigenvalue weighted by atomic mass is 10.0. The van der Waals surface area contributed by atoms with Gasteiger partial charge in [0.15, 0.2) is 0 Å². The van der Waals surface area contributed by atoms with Crippen molar-refractivity contribution >= 4 is 6.29 Å². The fourth-order valence-electron chi connectivity index (χ4n) is 1.07. The topological polar surface area (TPSA) is 43.1 Å². The minimum atomic E-state index is -0.160. The normalized spacial score (nSPS) is 12.4. The third-order valence-electron chi connectivity index (χ3n) is 1.78. The van der Waals surface area contributed by atoms with E-state index in [1.165, 1.54) is 0 Å². The van der Waals surface area contributed by atoms with Gasteiger partial charge in [-0.05, 0) is 12.0 Å². The molecule has 0 heterocycles. The summed E-state index contributed by atoms with van der Waals surface area (Å²) in [5.74, 6) is -0.160. The van der Waals surface area contributed by atoms with E-state index in [0.717, 1.165) is 5.56 Å². The molecule has 1 aromatic carbocycles. The highest BCUT2D eigenvalue weighted by Crippen LogP contribution is 2.05. The molecule has 0 fully saturated rings. The molecule has 0 amide bonds. The van der Waals surface area contributed by atoms with Crippen LogP contribution in [0.4, 0.5) is 0 Å². The van der Waals surface area contributed by atoms with Gasteiger partial charge in [0.2, 0.25) is 6.29 Å². The Bertz CT molecular complexity index is 233. The van der Waals surface area contributed by atoms with Gasteiger partial charge in [0.05, 0.1) is 0 Å². The Morgan fingerprint density at radius 3 is 2.50 bits per heavy atom. The van der Waals surface area contributed by atoms with Gasteiger partial charge in [-0.3, -0.25) is 4.79 Å². The zero-order valence-corrected chi connectivity index (χ0v) is 6.86. The van der Waals surface area contributed by atoms with E-state index in [9.17, 15) is 4.79 Å². The first-order chi connectivity index (χ1) is 5.86. The minimum Gasteiger partial charge on any atom is -0.330 e. The van der Waals surface area contributed by atoms with Gasteiger partial charge in [-0.2, -0.15) is 0 Å². The van der Waals surface area contributed by atoms with Crippen molar-refractivity contribution in [1.29, 1.82) is 0 Å². The number of rotatable bonds is 4. The summed E-state index contributed by atoms with van der Waals surface area (Å²) in [6, 6.07) is 9.83. The lowest BCUT2D eigenvalue weighted by Crippen LogP contribution is -2.17. The first-order valence-corrected chi connectivity index (χ1v) is 3.98. The average Bonchev–Trinajstić information content (AvgIpc) is 2.16. The van der Waals surface area contributed by atoms with Crippen molar-refractivity contribution in [3.63, 3.8) is 0 Å². The molecule has 1 atom stereocenters. The minimum absolute atomic E-state index is 0.160. The molecule has 0 bridgehead atoms. The Hall–Kier alpha value is -1.15. The molecule has 63 valence electrons. The van der Waals surface area contributed by atoms with Gasteiger partial charge in [-0.1, -0.05) is 30.3 Å². The monoisotopic (exact) mass is 162 g/mol. The van der Waals surface area contributed by atoms with Gasteiger partial charge in [-0.15, -0.1) is 0 Å². The molecule has 0 aliphatic heterocycles. The summed E-state index contributed by atoms with van der Waals surface area (Å²) in [6.07, 6.45) is 2.62. The van der Waals surface area contributed by atoms with Gasteiger partial charge in [0.25, 0.3) is 0 Å². The summed E-state index contributed by atoms with van der Waals surface area (Å²) in [6.45, 7) is 0.373. The van der Waals surface area contributed by atoms with Crippen LogP contribution < -0.4 is 5.73 Å². The van der Waals surface area contributed by atoms with Gasteiger partial charge in [0.1, 0.15) is 0 Å². The van der Waals surface area contributed by atoms with Gasteiger partial charge in [0, 0.05) is 12.5 Å². The molecule has 0 saturated heterocycles. The van der Waals surface area contributed by atoms with Crippen LogP contribution in [0.1, 0.15) is 5.56 Å². The Morgan fingerprint density at radius 2 is 2.00 bits per heavy atom. The maximum absolute atomic E-state index is 10.3. The zero-order valence-electron chi connectivity index (χ0n) is 6.86. The second-order valence-corrected chi connectivity index (χ2v) is 2.74. The number of hydrogen-bond donors (Lipinski definition) is 1. The van der Waals surface area contributed by atoms with Crippen molar-refractivity contribution < 1.29 is 4.79 Å². The maximum Gasteiger partial charge on any atom is 0.203 e. The van der Waals surface area contributed by atoms with Crippen LogP contribution in [0.5, 0.6) is 0 Å². The van der Waals surface area contributed by atoms with Crippen molar-refractivity contribution in [2.45, 2.75) is 6.42 Å². The molecule has 0 aliphatic carbocycles. The molecular formula is C10H12NO. The van der Waals surface area contributed by atoms with Crippen LogP contribution in [0.2, 0.25) is 0 Å². The maximum atomic E-state index is 10.3. The molecule has 0 unspecified atom stereocenters. The summed E-state index contributed by atoms with van der Waals surface area (Å²) in [7, 11) is 0. The molecule has 2 nitrogen and oxygen atoms in total. The van der Waals surface area contributed by atoms with Crippen molar-refractivity contribution in [3.8, 4) is 0 Å². The summed E-state index contributed by atoms with van der Waals surface area (Å²) in [5.41, 5.74) is 6.50. The van der Waals surface area contributed by atoms with E-state index in [1.807, 2.05) is 36.6 Å². The largest absolute Gasteiger partial charge is 0.330 e. The summed E-state index contributed by atoms with van der Waals surface area (Å²) in [4.78, 5) is 10.3. The van der Waals surface area contributed by atoms with Crippen LogP contribution in [0.3, 0.4) is 0 Å². The average molecular weight is 162 g/mol. The van der Waals surface area contributed by atoms with Crippen molar-refractivity contribution in [2.24, 2.45) is 11.7 Å². The van der Waals surface area contributed by atoms with E-state index in [1.54, 1.807) is 0 Å². The van der Waals surface area contributed by atoms with Gasteiger partial charge < -0.3 is 5.73 Å². The van der Waals surface area contributed by atoms with E-state index in [2.05, 4.69) is 0 Å². The van der Waals surface area contributed by atoms with E-state index < -0.39 is 0 Å². The lowest BCUT2D eigenvalue weighted by Gasteiger charge is -2.04. The van der Waals surface area contributed by atoms with E-state index in [0.29, 0.717) is 13.0 Å². The van der Waals surface area contributed by atoms with Crippen LogP contribution in [0.25, 0.3) is 0 Å². The molecule has 2 heteroatoms. The standard InChI is InChI=1S/C10H12NO/c11-7-10(8-12)6-9-4-2-1-3-5-9/h1-5,10H,6-7,11H2/t10-/m1/s1. The Labute approximate surface area is 72.4 Å². The second-order valence-electron chi connectivity index (χ2n) is 2.74. The molecular weight excluding hydrogens is 150 g/mol. The van der Waals surface area contributed by atoms with Gasteiger partial charge in [-0.25, -0.2) is 0 Å². The van der Waals surface area contributed by atoms with Crippen LogP contribution in [-0.4, -0.2) is 12.8 Å². The van der Waals surface area contributed by atoms with Crippen LogP contribution in [0.15, 0.2) is 30.3 Å². The first kappa shape index (κ1) is 8.94. The zero-order chi connectivity index (χ0) is 8.81. The molecule has 0 aromatic heterocycles. The quantitative estimate of drug-likeness (QED) is 0.715. The highest BCUT2D eigenvalue weighted by atomic mass is 16.1. The molecule has 1 aromatic rings. The SMILES string of the molecule is NC[C@H]([C]=O)Cc1ccccc1. The first-order valence-electron chi connectivity index (χ1n) is 3.98. The summed E-state index contributed by atoms with van der Waals surface area (Å²) in [5, 5.41) is 0. The number of hydrogen-bond acceptors (Lipinski definition) is 2. The lowest BCUT2D eigenvalue weighted by molar-refractivity contribution is 0.520. The molecule has 0 aliphatic rings. The van der Waals surface area contributed by atoms with Crippen LogP contribution in [-0.2, 0) is 11.2 Å². The third kappa shape index (κ3) is 2.47. The fourth-order valence-corrected chi connectivity index (χ4v) is 1.07. The van der Waals surface area contributed by atoms with E-state index in [4.69, 9.17) is 5.73 Å². The van der Waals surface area contributed by atoms with Crippen LogP contribution >= 0.6 is 0 Å². The van der Waals surface area contributed by atoms with Crippen molar-refractivity contribution in [1.82, 2.24) is 0 Å². The predicted octanol–water partition coefficient (Wildman–Crippen LogP) is 0.914. The Kier molecular flexibility index (Phi) is 3.48. The molecule has 1 rings (SSSR count). The highest BCUT2D eigenvalue weighted by Gasteiger charge is 2.05. The van der Waals surface area contributed by atoms with Gasteiger partial charge >= 0.3 is 0 Å². The third-order valence-corrected chi connectivity index (χ3v) is 1.78.